The van der Waals surface area contributed by atoms with Crippen LogP contribution in [0.25, 0.3) is 0 Å². The number of rotatable bonds is 8. The van der Waals surface area contributed by atoms with Gasteiger partial charge in [0.25, 0.3) is 0 Å². The molecule has 2 N–H and O–H groups in total. The summed E-state index contributed by atoms with van der Waals surface area (Å²) in [6.07, 6.45) is 3.55. The molecule has 1 aliphatic carbocycles. The van der Waals surface area contributed by atoms with E-state index >= 15 is 0 Å². The Balaban J connectivity index is 1.82. The molecular formula is C18H27ClN4O. The van der Waals surface area contributed by atoms with Gasteiger partial charge in [0.05, 0.1) is 0 Å². The van der Waals surface area contributed by atoms with E-state index in [0.29, 0.717) is 25.6 Å². The van der Waals surface area contributed by atoms with Crippen LogP contribution < -0.4 is 10.6 Å². The van der Waals surface area contributed by atoms with Gasteiger partial charge in [0.2, 0.25) is 5.91 Å². The Kier molecular flexibility index (Phi) is 7.37. The average molecular weight is 351 g/mol. The second-order valence-electron chi connectivity index (χ2n) is 6.13. The molecule has 6 heteroatoms. The molecule has 0 aromatic heterocycles. The zero-order valence-electron chi connectivity index (χ0n) is 14.5. The van der Waals surface area contributed by atoms with Gasteiger partial charge in [0.15, 0.2) is 5.96 Å². The molecule has 24 heavy (non-hydrogen) atoms. The minimum Gasteiger partial charge on any atom is -0.357 e. The van der Waals surface area contributed by atoms with Crippen LogP contribution in [-0.4, -0.2) is 42.9 Å². The van der Waals surface area contributed by atoms with Crippen LogP contribution in [0.5, 0.6) is 0 Å². The summed E-state index contributed by atoms with van der Waals surface area (Å²) in [4.78, 5) is 18.3. The van der Waals surface area contributed by atoms with E-state index in [-0.39, 0.29) is 5.91 Å². The molecule has 0 saturated heterocycles. The molecule has 0 bridgehead atoms. The lowest BCUT2D eigenvalue weighted by Crippen LogP contribution is -2.38. The quantitative estimate of drug-likeness (QED) is 0.430. The smallest absolute Gasteiger partial charge is 0.220 e. The highest BCUT2D eigenvalue weighted by atomic mass is 35.5. The Morgan fingerprint density at radius 3 is 2.79 bits per heavy atom. The highest BCUT2D eigenvalue weighted by molar-refractivity contribution is 6.31. The van der Waals surface area contributed by atoms with Gasteiger partial charge in [-0.1, -0.05) is 29.8 Å². The van der Waals surface area contributed by atoms with Crippen LogP contribution in [0.4, 0.5) is 0 Å². The van der Waals surface area contributed by atoms with Crippen LogP contribution in [0.2, 0.25) is 5.02 Å². The van der Waals surface area contributed by atoms with E-state index in [0.717, 1.165) is 42.4 Å². The van der Waals surface area contributed by atoms with E-state index < -0.39 is 0 Å². The Labute approximate surface area is 149 Å². The van der Waals surface area contributed by atoms with Crippen LogP contribution in [0, 0.1) is 0 Å². The molecule has 132 valence electrons. The number of hydrogen-bond donors (Lipinski definition) is 2. The number of nitrogens with one attached hydrogen (secondary N) is 2. The van der Waals surface area contributed by atoms with Gasteiger partial charge in [-0.15, -0.1) is 0 Å². The molecule has 1 saturated carbocycles. The summed E-state index contributed by atoms with van der Waals surface area (Å²) in [5.41, 5.74) is 1.07. The molecule has 1 fully saturated rings. The van der Waals surface area contributed by atoms with Gasteiger partial charge < -0.3 is 15.5 Å². The van der Waals surface area contributed by atoms with Crippen molar-refractivity contribution in [2.24, 2.45) is 4.99 Å². The third-order valence-electron chi connectivity index (χ3n) is 3.83. The first-order valence-electron chi connectivity index (χ1n) is 8.62. The third-order valence-corrected chi connectivity index (χ3v) is 4.20. The van der Waals surface area contributed by atoms with Gasteiger partial charge in [0.1, 0.15) is 0 Å². The molecule has 1 aromatic carbocycles. The van der Waals surface area contributed by atoms with Gasteiger partial charge in [-0.05, 0) is 37.8 Å². The summed E-state index contributed by atoms with van der Waals surface area (Å²) < 4.78 is 0. The molecule has 0 aliphatic heterocycles. The second-order valence-corrected chi connectivity index (χ2v) is 6.54. The maximum atomic E-state index is 11.7. The molecule has 0 spiro atoms. The summed E-state index contributed by atoms with van der Waals surface area (Å²) in [5, 5.41) is 7.05. The third kappa shape index (κ3) is 6.40. The first-order valence-corrected chi connectivity index (χ1v) is 9.00. The van der Waals surface area contributed by atoms with Crippen molar-refractivity contribution in [3.8, 4) is 0 Å². The van der Waals surface area contributed by atoms with Crippen molar-refractivity contribution in [2.45, 2.75) is 45.2 Å². The van der Waals surface area contributed by atoms with E-state index in [1.165, 1.54) is 0 Å². The van der Waals surface area contributed by atoms with Gasteiger partial charge in [-0.25, -0.2) is 0 Å². The minimum absolute atomic E-state index is 0.141. The lowest BCUT2D eigenvalue weighted by atomic mass is 10.2. The zero-order valence-corrected chi connectivity index (χ0v) is 15.3. The van der Waals surface area contributed by atoms with Crippen molar-refractivity contribution in [1.29, 1.82) is 0 Å². The van der Waals surface area contributed by atoms with Crippen molar-refractivity contribution in [1.82, 2.24) is 15.5 Å². The van der Waals surface area contributed by atoms with Crippen molar-refractivity contribution >= 4 is 23.5 Å². The van der Waals surface area contributed by atoms with Crippen LogP contribution in [0.1, 0.15) is 38.2 Å². The minimum atomic E-state index is 0.141. The van der Waals surface area contributed by atoms with Gasteiger partial charge in [-0.3, -0.25) is 9.79 Å². The van der Waals surface area contributed by atoms with E-state index in [1.54, 1.807) is 0 Å². The van der Waals surface area contributed by atoms with Crippen molar-refractivity contribution in [2.75, 3.05) is 20.1 Å². The largest absolute Gasteiger partial charge is 0.357 e. The number of hydrogen-bond acceptors (Lipinski definition) is 2. The van der Waals surface area contributed by atoms with E-state index in [1.807, 2.05) is 38.2 Å². The van der Waals surface area contributed by atoms with Crippen LogP contribution >= 0.6 is 11.6 Å². The maximum absolute atomic E-state index is 11.7. The lowest BCUT2D eigenvalue weighted by Gasteiger charge is -2.22. The molecule has 1 amide bonds. The fourth-order valence-corrected chi connectivity index (χ4v) is 2.57. The van der Waals surface area contributed by atoms with E-state index in [9.17, 15) is 4.79 Å². The Morgan fingerprint density at radius 2 is 2.12 bits per heavy atom. The standard InChI is InChI=1S/C18H27ClN4O/c1-3-20-18(21-12-6-9-17(24)22-15-10-11-15)23(2)13-14-7-4-5-8-16(14)19/h4-5,7-8,15H,3,6,9-13H2,1-2H3,(H,20,21)(H,22,24). The molecule has 0 radical (unpaired) electrons. The van der Waals surface area contributed by atoms with Crippen molar-refractivity contribution < 1.29 is 4.79 Å². The number of benzene rings is 1. The Bertz CT molecular complexity index is 572. The summed E-state index contributed by atoms with van der Waals surface area (Å²) in [7, 11) is 1.99. The molecule has 5 nitrogen and oxygen atoms in total. The monoisotopic (exact) mass is 350 g/mol. The van der Waals surface area contributed by atoms with E-state index in [4.69, 9.17) is 11.6 Å². The Morgan fingerprint density at radius 1 is 1.38 bits per heavy atom. The molecule has 0 atom stereocenters. The number of guanidine groups is 1. The molecule has 0 heterocycles. The number of nitrogens with zero attached hydrogens (tertiary/aromatic N) is 2. The second kappa shape index (κ2) is 9.52. The van der Waals surface area contributed by atoms with Gasteiger partial charge >= 0.3 is 0 Å². The highest BCUT2D eigenvalue weighted by Gasteiger charge is 2.22. The number of aliphatic imine (C=N–C) groups is 1. The van der Waals surface area contributed by atoms with Crippen LogP contribution in [0.15, 0.2) is 29.3 Å². The normalized spacial score (nSPS) is 14.4. The summed E-state index contributed by atoms with van der Waals surface area (Å²) in [6, 6.07) is 8.26. The molecule has 0 unspecified atom stereocenters. The molecule has 1 aliphatic rings. The number of carbonyl (C=O) groups excluding carboxylic acids is 1. The summed E-state index contributed by atoms with van der Waals surface area (Å²) >= 11 is 6.23. The van der Waals surface area contributed by atoms with Gasteiger partial charge in [-0.2, -0.15) is 0 Å². The van der Waals surface area contributed by atoms with Crippen molar-refractivity contribution in [3.05, 3.63) is 34.9 Å². The van der Waals surface area contributed by atoms with Crippen molar-refractivity contribution in [3.63, 3.8) is 0 Å². The zero-order chi connectivity index (χ0) is 17.4. The predicted molar refractivity (Wildman–Crippen MR) is 99.3 cm³/mol. The molecule has 1 aromatic rings. The Hall–Kier alpha value is -1.75. The fraction of sp³-hybridized carbons (Fsp3) is 0.556. The highest BCUT2D eigenvalue weighted by Crippen LogP contribution is 2.18. The number of amides is 1. The lowest BCUT2D eigenvalue weighted by molar-refractivity contribution is -0.121. The molecular weight excluding hydrogens is 324 g/mol. The number of halogens is 1. The fourth-order valence-electron chi connectivity index (χ4n) is 2.38. The van der Waals surface area contributed by atoms with Crippen LogP contribution in [0.3, 0.4) is 0 Å². The topological polar surface area (TPSA) is 56.7 Å². The SMILES string of the molecule is CCNC(=NCCCC(=O)NC1CC1)N(C)Cc1ccccc1Cl. The summed E-state index contributed by atoms with van der Waals surface area (Å²) in [5.74, 6) is 0.974. The molecule has 2 rings (SSSR count). The first-order chi connectivity index (χ1) is 11.6. The van der Waals surface area contributed by atoms with Gasteiger partial charge in [0, 0.05) is 44.2 Å². The maximum Gasteiger partial charge on any atom is 0.220 e. The van der Waals surface area contributed by atoms with E-state index in [2.05, 4.69) is 20.5 Å². The number of carbonyl (C=O) groups is 1. The average Bonchev–Trinajstić information content (AvgIpc) is 3.36. The predicted octanol–water partition coefficient (Wildman–Crippen LogP) is 2.80. The summed E-state index contributed by atoms with van der Waals surface area (Å²) in [6.45, 7) is 4.16. The van der Waals surface area contributed by atoms with Crippen LogP contribution in [-0.2, 0) is 11.3 Å². The first kappa shape index (κ1) is 18.6.